The van der Waals surface area contributed by atoms with Crippen molar-refractivity contribution in [2.45, 2.75) is 13.0 Å². The highest BCUT2D eigenvalue weighted by atomic mass is 32.1. The maximum absolute atomic E-state index is 12.1. The van der Waals surface area contributed by atoms with Crippen molar-refractivity contribution in [2.24, 2.45) is 12.8 Å². The second-order valence-electron chi connectivity index (χ2n) is 5.02. The number of anilines is 1. The zero-order valence-corrected chi connectivity index (χ0v) is 14.0. The van der Waals surface area contributed by atoms with Crippen LogP contribution in [0.1, 0.15) is 27.8 Å². The van der Waals surface area contributed by atoms with E-state index in [2.05, 4.69) is 5.32 Å². The minimum Gasteiger partial charge on any atom is -0.448 e. The number of nitro groups is 1. The molecule has 0 bridgehead atoms. The van der Waals surface area contributed by atoms with E-state index in [-0.39, 0.29) is 21.9 Å². The third-order valence-electron chi connectivity index (χ3n) is 3.23. The van der Waals surface area contributed by atoms with E-state index in [0.29, 0.717) is 0 Å². The van der Waals surface area contributed by atoms with Gasteiger partial charge in [-0.3, -0.25) is 19.7 Å². The Labute approximate surface area is 145 Å². The Balaban J connectivity index is 2.05. The summed E-state index contributed by atoms with van der Waals surface area (Å²) in [5, 5.41) is 15.0. The number of carbonyl (C=O) groups excluding carboxylic acids is 3. The Morgan fingerprint density at radius 2 is 2.12 bits per heavy atom. The lowest BCUT2D eigenvalue weighted by Crippen LogP contribution is -2.30. The standard InChI is InChI=1S/C14H14N4O6S/c1-7(12(20)16-13-9(11(15)19)3-4-25-13)24-14(21)10-5-8(18(22)23)6-17(10)2/h3-7H,1-2H3,(H2,15,19)(H,16,20). The number of rotatable bonds is 6. The predicted octanol–water partition coefficient (Wildman–Crippen LogP) is 1.28. The van der Waals surface area contributed by atoms with Crippen LogP contribution in [-0.2, 0) is 16.6 Å². The highest BCUT2D eigenvalue weighted by molar-refractivity contribution is 7.14. The van der Waals surface area contributed by atoms with Gasteiger partial charge < -0.3 is 20.4 Å². The SMILES string of the molecule is CC(OC(=O)c1cc([N+](=O)[O-])cn1C)C(=O)Nc1sccc1C(N)=O. The number of esters is 1. The molecular weight excluding hydrogens is 352 g/mol. The van der Waals surface area contributed by atoms with Crippen LogP contribution in [0.5, 0.6) is 0 Å². The molecule has 2 amide bonds. The Kier molecular flexibility index (Phi) is 5.17. The average molecular weight is 366 g/mol. The number of hydrogen-bond acceptors (Lipinski definition) is 7. The second kappa shape index (κ2) is 7.13. The highest BCUT2D eigenvalue weighted by Gasteiger charge is 2.24. The van der Waals surface area contributed by atoms with Gasteiger partial charge in [0.2, 0.25) is 0 Å². The van der Waals surface area contributed by atoms with Gasteiger partial charge in [0, 0.05) is 13.1 Å². The molecule has 10 nitrogen and oxygen atoms in total. The Bertz CT molecular complexity index is 855. The topological polar surface area (TPSA) is 147 Å². The summed E-state index contributed by atoms with van der Waals surface area (Å²) in [5.41, 5.74) is 5.00. The van der Waals surface area contributed by atoms with E-state index >= 15 is 0 Å². The van der Waals surface area contributed by atoms with Crippen LogP contribution in [0.25, 0.3) is 0 Å². The first-order valence-electron chi connectivity index (χ1n) is 6.90. The first-order chi connectivity index (χ1) is 11.7. The van der Waals surface area contributed by atoms with Crippen molar-refractivity contribution < 1.29 is 24.0 Å². The van der Waals surface area contributed by atoms with Crippen molar-refractivity contribution >= 4 is 39.8 Å². The molecule has 0 aliphatic rings. The van der Waals surface area contributed by atoms with E-state index in [4.69, 9.17) is 10.5 Å². The summed E-state index contributed by atoms with van der Waals surface area (Å²) in [4.78, 5) is 45.5. The molecule has 1 unspecified atom stereocenters. The normalized spacial score (nSPS) is 11.6. The van der Waals surface area contributed by atoms with Crippen LogP contribution in [0.15, 0.2) is 23.7 Å². The van der Waals surface area contributed by atoms with Crippen LogP contribution in [0.2, 0.25) is 0 Å². The molecule has 1 atom stereocenters. The molecule has 0 fully saturated rings. The number of nitrogens with zero attached hydrogens (tertiary/aromatic N) is 2. The van der Waals surface area contributed by atoms with E-state index in [1.165, 1.54) is 24.6 Å². The quantitative estimate of drug-likeness (QED) is 0.447. The van der Waals surface area contributed by atoms with Gasteiger partial charge in [-0.25, -0.2) is 4.79 Å². The van der Waals surface area contributed by atoms with E-state index in [0.717, 1.165) is 23.6 Å². The second-order valence-corrected chi connectivity index (χ2v) is 5.93. The fourth-order valence-corrected chi connectivity index (χ4v) is 2.73. The number of aromatic nitrogens is 1. The number of primary amides is 1. The minimum atomic E-state index is -1.19. The summed E-state index contributed by atoms with van der Waals surface area (Å²) in [5.74, 6) is -2.25. The maximum Gasteiger partial charge on any atom is 0.355 e. The van der Waals surface area contributed by atoms with Gasteiger partial charge in [0.1, 0.15) is 10.7 Å². The van der Waals surface area contributed by atoms with E-state index < -0.39 is 28.8 Å². The lowest BCUT2D eigenvalue weighted by atomic mass is 10.3. The monoisotopic (exact) mass is 366 g/mol. The van der Waals surface area contributed by atoms with Crippen molar-refractivity contribution in [3.63, 3.8) is 0 Å². The molecule has 0 saturated carbocycles. The molecule has 0 aromatic carbocycles. The number of hydrogen-bond donors (Lipinski definition) is 2. The molecular formula is C14H14N4O6S. The van der Waals surface area contributed by atoms with Gasteiger partial charge in [-0.15, -0.1) is 11.3 Å². The molecule has 2 heterocycles. The molecule has 0 spiro atoms. The first kappa shape index (κ1) is 18.1. The van der Waals surface area contributed by atoms with Gasteiger partial charge in [-0.2, -0.15) is 0 Å². The third kappa shape index (κ3) is 4.01. The summed E-state index contributed by atoms with van der Waals surface area (Å²) in [7, 11) is 1.44. The van der Waals surface area contributed by atoms with Crippen molar-refractivity contribution in [1.29, 1.82) is 0 Å². The van der Waals surface area contributed by atoms with Crippen LogP contribution >= 0.6 is 11.3 Å². The van der Waals surface area contributed by atoms with Crippen LogP contribution < -0.4 is 11.1 Å². The van der Waals surface area contributed by atoms with Crippen molar-refractivity contribution in [2.75, 3.05) is 5.32 Å². The van der Waals surface area contributed by atoms with Gasteiger partial charge >= 0.3 is 5.97 Å². The van der Waals surface area contributed by atoms with Crippen LogP contribution in [-0.4, -0.2) is 33.4 Å². The summed E-state index contributed by atoms with van der Waals surface area (Å²) in [6, 6.07) is 2.51. The number of nitrogens with one attached hydrogen (secondary N) is 1. The van der Waals surface area contributed by atoms with E-state index in [1.54, 1.807) is 5.38 Å². The lowest BCUT2D eigenvalue weighted by Gasteiger charge is -2.13. The highest BCUT2D eigenvalue weighted by Crippen LogP contribution is 2.23. The van der Waals surface area contributed by atoms with Crippen LogP contribution in [0.3, 0.4) is 0 Å². The smallest absolute Gasteiger partial charge is 0.355 e. The summed E-state index contributed by atoms with van der Waals surface area (Å²) in [6.07, 6.45) is -0.0316. The van der Waals surface area contributed by atoms with Gasteiger partial charge in [0.25, 0.3) is 17.5 Å². The number of ether oxygens (including phenoxy) is 1. The van der Waals surface area contributed by atoms with Gasteiger partial charge in [-0.1, -0.05) is 0 Å². The largest absolute Gasteiger partial charge is 0.448 e. The zero-order chi connectivity index (χ0) is 18.7. The van der Waals surface area contributed by atoms with Crippen molar-refractivity contribution in [3.05, 3.63) is 45.1 Å². The van der Waals surface area contributed by atoms with Gasteiger partial charge in [0.05, 0.1) is 16.7 Å². The molecule has 0 aliphatic carbocycles. The van der Waals surface area contributed by atoms with Crippen molar-refractivity contribution in [1.82, 2.24) is 4.57 Å². The molecule has 2 aromatic heterocycles. The molecule has 132 valence electrons. The molecule has 3 N–H and O–H groups in total. The lowest BCUT2D eigenvalue weighted by molar-refractivity contribution is -0.384. The van der Waals surface area contributed by atoms with Crippen LogP contribution in [0, 0.1) is 10.1 Å². The van der Waals surface area contributed by atoms with Gasteiger partial charge in [0.15, 0.2) is 6.10 Å². The third-order valence-corrected chi connectivity index (χ3v) is 4.06. The van der Waals surface area contributed by atoms with E-state index in [1.807, 2.05) is 0 Å². The van der Waals surface area contributed by atoms with Crippen molar-refractivity contribution in [3.8, 4) is 0 Å². The fourth-order valence-electron chi connectivity index (χ4n) is 1.94. The summed E-state index contributed by atoms with van der Waals surface area (Å²) in [6.45, 7) is 1.34. The van der Waals surface area contributed by atoms with E-state index in [9.17, 15) is 24.5 Å². The Hall–Kier alpha value is -3.21. The first-order valence-corrected chi connectivity index (χ1v) is 7.78. The molecule has 0 radical (unpaired) electrons. The minimum absolute atomic E-state index is 0.0692. The molecule has 11 heteroatoms. The zero-order valence-electron chi connectivity index (χ0n) is 13.2. The average Bonchev–Trinajstić information content (AvgIpc) is 3.13. The fraction of sp³-hybridized carbons (Fsp3) is 0.214. The molecule has 0 aliphatic heterocycles. The predicted molar refractivity (Wildman–Crippen MR) is 88.4 cm³/mol. The summed E-state index contributed by atoms with van der Waals surface area (Å²) < 4.78 is 6.25. The number of aryl methyl sites for hydroxylation is 1. The molecule has 0 saturated heterocycles. The molecule has 25 heavy (non-hydrogen) atoms. The molecule has 2 aromatic rings. The number of thiophene rings is 1. The maximum atomic E-state index is 12.1. The van der Waals surface area contributed by atoms with Gasteiger partial charge in [-0.05, 0) is 18.4 Å². The summed E-state index contributed by atoms with van der Waals surface area (Å²) >= 11 is 1.10. The Morgan fingerprint density at radius 1 is 1.44 bits per heavy atom. The molecule has 2 rings (SSSR count). The number of nitrogens with two attached hydrogens (primary N) is 1. The Morgan fingerprint density at radius 3 is 2.68 bits per heavy atom. The van der Waals surface area contributed by atoms with Crippen LogP contribution in [0.4, 0.5) is 10.7 Å². The number of amides is 2. The number of carbonyl (C=O) groups is 3.